The normalized spacial score (nSPS) is 18.8. The Kier molecular flexibility index (Phi) is 2.33. The van der Waals surface area contributed by atoms with E-state index in [0.717, 1.165) is 0 Å². The minimum Gasteiger partial charge on any atom is -0.290 e. The van der Waals surface area contributed by atoms with E-state index in [1.54, 1.807) is 23.1 Å². The first-order chi connectivity index (χ1) is 6.75. The molecule has 1 aromatic heterocycles. The van der Waals surface area contributed by atoms with E-state index in [4.69, 9.17) is 11.6 Å². The van der Waals surface area contributed by atoms with E-state index in [2.05, 4.69) is 5.10 Å². The summed E-state index contributed by atoms with van der Waals surface area (Å²) >= 11 is 5.84. The second-order valence-corrected chi connectivity index (χ2v) is 3.18. The van der Waals surface area contributed by atoms with Gasteiger partial charge in [0.25, 0.3) is 0 Å². The van der Waals surface area contributed by atoms with Crippen molar-refractivity contribution in [2.45, 2.75) is 0 Å². The second-order valence-electron chi connectivity index (χ2n) is 2.78. The molecule has 0 radical (unpaired) electrons. The summed E-state index contributed by atoms with van der Waals surface area (Å²) in [7, 11) is 0. The van der Waals surface area contributed by atoms with E-state index in [-0.39, 0.29) is 5.78 Å². The molecule has 70 valence electrons. The van der Waals surface area contributed by atoms with Crippen molar-refractivity contribution in [3.63, 3.8) is 0 Å². The maximum absolute atomic E-state index is 10.9. The smallest absolute Gasteiger partial charge is 0.180 e. The minimum atomic E-state index is -0.110. The molecule has 0 aromatic carbocycles. The molecule has 1 aliphatic rings. The third-order valence-electron chi connectivity index (χ3n) is 1.73. The summed E-state index contributed by atoms with van der Waals surface area (Å²) in [6.07, 6.45) is 7.98. The van der Waals surface area contributed by atoms with E-state index in [9.17, 15) is 4.79 Å². The second kappa shape index (κ2) is 3.64. The maximum Gasteiger partial charge on any atom is 0.180 e. The largest absolute Gasteiger partial charge is 0.290 e. The molecule has 0 unspecified atom stereocenters. The molecule has 0 atom stereocenters. The van der Waals surface area contributed by atoms with Crippen LogP contribution in [0.1, 0.15) is 0 Å². The molecule has 0 spiro atoms. The summed E-state index contributed by atoms with van der Waals surface area (Å²) in [5, 5.41) is 4.55. The molecule has 0 saturated carbocycles. The topological polar surface area (TPSA) is 34.4 Å². The zero-order chi connectivity index (χ0) is 9.97. The number of ketones is 1. The van der Waals surface area contributed by atoms with Crippen molar-refractivity contribution in [3.05, 3.63) is 47.8 Å². The van der Waals surface area contributed by atoms with Crippen molar-refractivity contribution in [2.24, 2.45) is 5.10 Å². The van der Waals surface area contributed by atoms with Gasteiger partial charge in [-0.05, 0) is 24.3 Å². The zero-order valence-electron chi connectivity index (χ0n) is 7.22. The number of rotatable bonds is 1. The lowest BCUT2D eigenvalue weighted by Crippen LogP contribution is -2.05. The highest BCUT2D eigenvalue weighted by Crippen LogP contribution is 2.11. The van der Waals surface area contributed by atoms with Gasteiger partial charge in [0, 0.05) is 18.5 Å². The molecular formula is C10H7ClN2O. The number of carbonyl (C=O) groups excluding carboxylic acids is 1. The van der Waals surface area contributed by atoms with E-state index < -0.39 is 0 Å². The fraction of sp³-hybridized carbons (Fsp3) is 0. The molecule has 0 N–H and O–H groups in total. The molecule has 0 bridgehead atoms. The number of halogens is 1. The van der Waals surface area contributed by atoms with Crippen LogP contribution >= 0.6 is 11.6 Å². The van der Waals surface area contributed by atoms with Crippen LogP contribution in [0, 0.1) is 0 Å². The van der Waals surface area contributed by atoms with Gasteiger partial charge in [-0.25, -0.2) is 4.68 Å². The van der Waals surface area contributed by atoms with Gasteiger partial charge in [-0.3, -0.25) is 4.79 Å². The van der Waals surface area contributed by atoms with Crippen LogP contribution in [0.4, 0.5) is 0 Å². The lowest BCUT2D eigenvalue weighted by molar-refractivity contribution is -0.110. The average Bonchev–Trinajstić information content (AvgIpc) is 2.62. The first-order valence-corrected chi connectivity index (χ1v) is 4.45. The first kappa shape index (κ1) is 8.97. The summed E-state index contributed by atoms with van der Waals surface area (Å²) in [6.45, 7) is 0. The molecule has 1 aromatic rings. The van der Waals surface area contributed by atoms with Crippen molar-refractivity contribution in [2.75, 3.05) is 0 Å². The number of hydrogen-bond acceptors (Lipinski definition) is 2. The summed E-state index contributed by atoms with van der Waals surface area (Å²) < 4.78 is 1.63. The third-order valence-corrected chi connectivity index (χ3v) is 2.03. The molecule has 3 nitrogen and oxygen atoms in total. The Balaban J connectivity index is 2.33. The molecule has 0 amide bonds. The maximum atomic E-state index is 10.9. The number of aromatic nitrogens is 1. The molecule has 1 heterocycles. The Morgan fingerprint density at radius 1 is 1.21 bits per heavy atom. The highest BCUT2D eigenvalue weighted by molar-refractivity contribution is 6.48. The standard InChI is InChI=1S/C10H7ClN2O/c11-9-7-8(14)3-4-10(9)12-13-5-1-2-6-13/h1-7H/b12-10-. The molecule has 0 aliphatic heterocycles. The van der Waals surface area contributed by atoms with Crippen LogP contribution in [0.3, 0.4) is 0 Å². The van der Waals surface area contributed by atoms with Gasteiger partial charge in [-0.1, -0.05) is 11.6 Å². The Bertz CT molecular complexity index is 441. The molecule has 14 heavy (non-hydrogen) atoms. The first-order valence-electron chi connectivity index (χ1n) is 4.07. The van der Waals surface area contributed by atoms with E-state index >= 15 is 0 Å². The molecule has 4 heteroatoms. The number of hydrogen-bond donors (Lipinski definition) is 0. The van der Waals surface area contributed by atoms with Crippen molar-refractivity contribution in [1.82, 2.24) is 4.68 Å². The van der Waals surface area contributed by atoms with E-state index in [1.807, 2.05) is 12.1 Å². The molecule has 0 fully saturated rings. The Morgan fingerprint density at radius 2 is 1.93 bits per heavy atom. The fourth-order valence-electron chi connectivity index (χ4n) is 1.09. The fourth-order valence-corrected chi connectivity index (χ4v) is 1.29. The molecular weight excluding hydrogens is 200 g/mol. The van der Waals surface area contributed by atoms with Crippen LogP contribution < -0.4 is 0 Å². The van der Waals surface area contributed by atoms with Crippen LogP contribution in [0.15, 0.2) is 52.9 Å². The number of allylic oxidation sites excluding steroid dienone is 4. The van der Waals surface area contributed by atoms with Gasteiger partial charge in [0.2, 0.25) is 0 Å². The van der Waals surface area contributed by atoms with Crippen molar-refractivity contribution in [3.8, 4) is 0 Å². The van der Waals surface area contributed by atoms with Crippen LogP contribution in [0.25, 0.3) is 0 Å². The highest BCUT2D eigenvalue weighted by atomic mass is 35.5. The van der Waals surface area contributed by atoms with E-state index in [0.29, 0.717) is 10.7 Å². The quantitative estimate of drug-likeness (QED) is 0.647. The van der Waals surface area contributed by atoms with Gasteiger partial charge in [0.15, 0.2) is 5.78 Å². The van der Waals surface area contributed by atoms with Crippen LogP contribution in [0.2, 0.25) is 0 Å². The summed E-state index contributed by atoms with van der Waals surface area (Å²) in [6, 6.07) is 3.72. The lowest BCUT2D eigenvalue weighted by atomic mass is 10.2. The number of carbonyl (C=O) groups is 1. The van der Waals surface area contributed by atoms with Gasteiger partial charge < -0.3 is 0 Å². The summed E-state index contributed by atoms with van der Waals surface area (Å²) in [4.78, 5) is 10.9. The molecule has 1 aliphatic carbocycles. The average molecular weight is 207 g/mol. The van der Waals surface area contributed by atoms with Crippen LogP contribution in [-0.2, 0) is 4.79 Å². The minimum absolute atomic E-state index is 0.110. The van der Waals surface area contributed by atoms with Crippen LogP contribution in [-0.4, -0.2) is 16.2 Å². The van der Waals surface area contributed by atoms with Crippen molar-refractivity contribution >= 4 is 23.1 Å². The van der Waals surface area contributed by atoms with Crippen molar-refractivity contribution in [1.29, 1.82) is 0 Å². The Hall–Kier alpha value is -1.61. The van der Waals surface area contributed by atoms with Gasteiger partial charge >= 0.3 is 0 Å². The predicted octanol–water partition coefficient (Wildman–Crippen LogP) is 1.95. The van der Waals surface area contributed by atoms with Gasteiger partial charge in [0.1, 0.15) is 5.71 Å². The van der Waals surface area contributed by atoms with Gasteiger partial charge in [-0.2, -0.15) is 5.10 Å². The Morgan fingerprint density at radius 3 is 2.57 bits per heavy atom. The summed E-state index contributed by atoms with van der Waals surface area (Å²) in [5.41, 5.74) is 0.586. The lowest BCUT2D eigenvalue weighted by Gasteiger charge is -2.03. The Labute approximate surface area is 86.0 Å². The van der Waals surface area contributed by atoms with Crippen molar-refractivity contribution < 1.29 is 4.79 Å². The van der Waals surface area contributed by atoms with Gasteiger partial charge in [-0.15, -0.1) is 0 Å². The van der Waals surface area contributed by atoms with E-state index in [1.165, 1.54) is 12.2 Å². The molecule has 0 saturated heterocycles. The third kappa shape index (κ3) is 1.83. The highest BCUT2D eigenvalue weighted by Gasteiger charge is 2.08. The summed E-state index contributed by atoms with van der Waals surface area (Å²) in [5.74, 6) is -0.110. The SMILES string of the molecule is O=C1C=C/C(=N/n2cccc2)C(Cl)=C1. The zero-order valence-corrected chi connectivity index (χ0v) is 7.98. The predicted molar refractivity (Wildman–Crippen MR) is 55.3 cm³/mol. The van der Waals surface area contributed by atoms with Crippen LogP contribution in [0.5, 0.6) is 0 Å². The number of nitrogens with zero attached hydrogens (tertiary/aromatic N) is 2. The molecule has 2 rings (SSSR count). The monoisotopic (exact) mass is 206 g/mol. The van der Waals surface area contributed by atoms with Gasteiger partial charge in [0.05, 0.1) is 5.03 Å².